The first-order valence-electron chi connectivity index (χ1n) is 5.92. The molecular formula is C12H15ClN4O3. The number of nitrogens with zero attached hydrogens (tertiary/aromatic N) is 3. The fourth-order valence-corrected chi connectivity index (χ4v) is 1.60. The van der Waals surface area contributed by atoms with Crippen LogP contribution in [0.1, 0.15) is 5.56 Å². The molecule has 0 aromatic heterocycles. The fourth-order valence-electron chi connectivity index (χ4n) is 1.55. The molecule has 2 N–H and O–H groups in total. The molecule has 1 heterocycles. The molecule has 0 amide bonds. The van der Waals surface area contributed by atoms with Crippen molar-refractivity contribution in [2.75, 3.05) is 13.1 Å². The number of carbonyl (C=O) groups is 1. The van der Waals surface area contributed by atoms with Gasteiger partial charge in [0.1, 0.15) is 6.61 Å². The first kappa shape index (κ1) is 16.3. The summed E-state index contributed by atoms with van der Waals surface area (Å²) in [6.45, 7) is 1.36. The van der Waals surface area contributed by atoms with E-state index in [4.69, 9.17) is 22.2 Å². The van der Waals surface area contributed by atoms with E-state index in [1.54, 1.807) is 0 Å². The number of β-amino-alcohol motifs (C(OH)–C–C–N with tert-alkyl or cyclic N) is 1. The number of hydrogen-bond acceptors (Lipinski definition) is 5. The van der Waals surface area contributed by atoms with E-state index >= 15 is 0 Å². The molecule has 0 saturated carbocycles. The van der Waals surface area contributed by atoms with Crippen LogP contribution in [0.15, 0.2) is 35.4 Å². The van der Waals surface area contributed by atoms with Crippen LogP contribution in [0.3, 0.4) is 0 Å². The van der Waals surface area contributed by atoms with Gasteiger partial charge in [-0.1, -0.05) is 35.4 Å². The normalized spacial score (nSPS) is 20.3. The lowest BCUT2D eigenvalue weighted by atomic mass is 10.2. The molecule has 0 aliphatic carbocycles. The molecule has 20 heavy (non-hydrogen) atoms. The highest BCUT2D eigenvalue weighted by atomic mass is 35.5. The Labute approximate surface area is 121 Å². The summed E-state index contributed by atoms with van der Waals surface area (Å²) in [7, 11) is 0. The van der Waals surface area contributed by atoms with Gasteiger partial charge in [0.05, 0.1) is 12.1 Å². The van der Waals surface area contributed by atoms with E-state index in [2.05, 4.69) is 20.1 Å². The predicted molar refractivity (Wildman–Crippen MR) is 74.3 cm³/mol. The predicted octanol–water partition coefficient (Wildman–Crippen LogP) is 2.19. The van der Waals surface area contributed by atoms with Crippen molar-refractivity contribution >= 4 is 17.0 Å². The van der Waals surface area contributed by atoms with Gasteiger partial charge >= 0.3 is 5.43 Å². The van der Waals surface area contributed by atoms with E-state index in [-0.39, 0.29) is 12.6 Å². The Kier molecular flexibility index (Phi) is 7.46. The Bertz CT molecular complexity index is 465. The summed E-state index contributed by atoms with van der Waals surface area (Å²) in [5.41, 5.74) is 8.13. The largest absolute Gasteiger partial charge is 0.449 e. The zero-order valence-corrected chi connectivity index (χ0v) is 11.4. The number of rotatable bonds is 3. The SMILES string of the molecule is O=C(Cl)OCc1ccccc1.[N-]=[N+]=NC1CNCC1O. The first-order valence-corrected chi connectivity index (χ1v) is 6.30. The molecule has 0 spiro atoms. The van der Waals surface area contributed by atoms with E-state index in [9.17, 15) is 4.79 Å². The van der Waals surface area contributed by atoms with Crippen LogP contribution in [0, 0.1) is 0 Å². The third-order valence-electron chi connectivity index (χ3n) is 2.55. The van der Waals surface area contributed by atoms with Crippen LogP contribution in [0.4, 0.5) is 4.79 Å². The first-order chi connectivity index (χ1) is 9.63. The lowest BCUT2D eigenvalue weighted by Gasteiger charge is -2.02. The molecule has 0 bridgehead atoms. The van der Waals surface area contributed by atoms with Crippen molar-refractivity contribution in [3.05, 3.63) is 46.3 Å². The average Bonchev–Trinajstić information content (AvgIpc) is 2.85. The molecule has 1 aromatic carbocycles. The van der Waals surface area contributed by atoms with Gasteiger partial charge in [-0.05, 0) is 11.1 Å². The molecule has 1 aromatic rings. The number of hydrogen-bond donors (Lipinski definition) is 2. The van der Waals surface area contributed by atoms with Gasteiger partial charge in [-0.15, -0.1) is 0 Å². The molecule has 2 unspecified atom stereocenters. The highest BCUT2D eigenvalue weighted by Gasteiger charge is 2.22. The van der Waals surface area contributed by atoms with Crippen molar-refractivity contribution in [2.24, 2.45) is 5.11 Å². The minimum atomic E-state index is -0.770. The monoisotopic (exact) mass is 298 g/mol. The number of azide groups is 1. The van der Waals surface area contributed by atoms with Crippen LogP contribution in [0.25, 0.3) is 10.4 Å². The smallest absolute Gasteiger partial charge is 0.404 e. The second-order valence-electron chi connectivity index (χ2n) is 4.01. The molecule has 1 aliphatic rings. The number of carbonyl (C=O) groups excluding carboxylic acids is 1. The highest BCUT2D eigenvalue weighted by Crippen LogP contribution is 2.03. The van der Waals surface area contributed by atoms with Gasteiger partial charge in [-0.25, -0.2) is 4.79 Å². The fraction of sp³-hybridized carbons (Fsp3) is 0.417. The molecule has 2 rings (SSSR count). The topological polar surface area (TPSA) is 107 Å². The van der Waals surface area contributed by atoms with Crippen LogP contribution in [-0.4, -0.2) is 35.8 Å². The second kappa shape index (κ2) is 9.17. The quantitative estimate of drug-likeness (QED) is 0.386. The third-order valence-corrected chi connectivity index (χ3v) is 2.66. The molecule has 8 heteroatoms. The maximum Gasteiger partial charge on any atom is 0.404 e. The zero-order chi connectivity index (χ0) is 14.8. The number of halogens is 1. The summed E-state index contributed by atoms with van der Waals surface area (Å²) in [5, 5.41) is 15.3. The van der Waals surface area contributed by atoms with Crippen LogP contribution >= 0.6 is 11.6 Å². The van der Waals surface area contributed by atoms with Crippen molar-refractivity contribution in [1.82, 2.24) is 5.32 Å². The number of nitrogens with one attached hydrogen (secondary N) is 1. The van der Waals surface area contributed by atoms with E-state index in [1.807, 2.05) is 30.3 Å². The number of ether oxygens (including phenoxy) is 1. The van der Waals surface area contributed by atoms with Gasteiger partial charge < -0.3 is 15.2 Å². The highest BCUT2D eigenvalue weighted by molar-refractivity contribution is 6.61. The Balaban J connectivity index is 0.000000204. The molecule has 1 fully saturated rings. The molecule has 1 aliphatic heterocycles. The molecule has 0 radical (unpaired) electrons. The number of benzene rings is 1. The molecule has 7 nitrogen and oxygen atoms in total. The van der Waals surface area contributed by atoms with Crippen LogP contribution in [0.5, 0.6) is 0 Å². The average molecular weight is 299 g/mol. The van der Waals surface area contributed by atoms with Crippen LogP contribution in [0.2, 0.25) is 0 Å². The van der Waals surface area contributed by atoms with Crippen molar-refractivity contribution in [2.45, 2.75) is 18.8 Å². The molecule has 2 atom stereocenters. The molecule has 1 saturated heterocycles. The van der Waals surface area contributed by atoms with Gasteiger partial charge in [0.25, 0.3) is 0 Å². The summed E-state index contributed by atoms with van der Waals surface area (Å²) in [4.78, 5) is 12.8. The van der Waals surface area contributed by atoms with E-state index in [1.165, 1.54) is 0 Å². The second-order valence-corrected chi connectivity index (χ2v) is 4.32. The van der Waals surface area contributed by atoms with Gasteiger partial charge in [-0.2, -0.15) is 0 Å². The van der Waals surface area contributed by atoms with E-state index in [0.717, 1.165) is 5.56 Å². The zero-order valence-electron chi connectivity index (χ0n) is 10.6. The van der Waals surface area contributed by atoms with Crippen molar-refractivity contribution in [3.63, 3.8) is 0 Å². The van der Waals surface area contributed by atoms with Crippen molar-refractivity contribution < 1.29 is 14.6 Å². The maximum absolute atomic E-state index is 10.2. The van der Waals surface area contributed by atoms with Gasteiger partial charge in [0.2, 0.25) is 0 Å². The van der Waals surface area contributed by atoms with Gasteiger partial charge in [-0.3, -0.25) is 0 Å². The summed E-state index contributed by atoms with van der Waals surface area (Å²) >= 11 is 4.97. The standard InChI is InChI=1S/C8H7ClO2.C4H8N4O/c9-8(10)11-6-7-4-2-1-3-5-7;5-8-7-3-1-6-2-4(3)9/h1-5H,6H2;3-4,6,9H,1-2H2. The Hall–Kier alpha value is -1.79. The minimum absolute atomic E-state index is 0.239. The summed E-state index contributed by atoms with van der Waals surface area (Å²) in [6.07, 6.45) is -0.499. The lowest BCUT2D eigenvalue weighted by molar-refractivity contribution is 0.167. The summed E-state index contributed by atoms with van der Waals surface area (Å²) in [5.74, 6) is 0. The lowest BCUT2D eigenvalue weighted by Crippen LogP contribution is -2.20. The Morgan fingerprint density at radius 3 is 2.70 bits per heavy atom. The van der Waals surface area contributed by atoms with Crippen LogP contribution in [-0.2, 0) is 11.3 Å². The number of aliphatic hydroxyl groups excluding tert-OH is 1. The van der Waals surface area contributed by atoms with Crippen molar-refractivity contribution in [1.29, 1.82) is 0 Å². The minimum Gasteiger partial charge on any atom is -0.449 e. The molecule has 108 valence electrons. The third kappa shape index (κ3) is 6.40. The van der Waals surface area contributed by atoms with Gasteiger partial charge in [0.15, 0.2) is 0 Å². The Morgan fingerprint density at radius 1 is 1.50 bits per heavy atom. The number of aliphatic hydroxyl groups is 1. The van der Waals surface area contributed by atoms with E-state index in [0.29, 0.717) is 13.1 Å². The van der Waals surface area contributed by atoms with Gasteiger partial charge in [0, 0.05) is 29.6 Å². The Morgan fingerprint density at radius 2 is 2.20 bits per heavy atom. The summed E-state index contributed by atoms with van der Waals surface area (Å²) in [6, 6.07) is 9.09. The van der Waals surface area contributed by atoms with E-state index < -0.39 is 11.5 Å². The van der Waals surface area contributed by atoms with Crippen molar-refractivity contribution in [3.8, 4) is 0 Å². The molecular weight excluding hydrogens is 284 g/mol. The maximum atomic E-state index is 10.2. The van der Waals surface area contributed by atoms with Crippen LogP contribution < -0.4 is 5.32 Å². The summed E-state index contributed by atoms with van der Waals surface area (Å²) < 4.78 is 4.55.